The van der Waals surface area contributed by atoms with E-state index in [0.717, 1.165) is 5.56 Å². The van der Waals surface area contributed by atoms with Crippen molar-refractivity contribution in [2.45, 2.75) is 44.6 Å². The highest BCUT2D eigenvalue weighted by Crippen LogP contribution is 2.22. The minimum absolute atomic E-state index is 0.0765. The summed E-state index contributed by atoms with van der Waals surface area (Å²) in [5.74, 6) is -1.46. The zero-order valence-electron chi connectivity index (χ0n) is 13.6. The molecule has 128 valence electrons. The van der Waals surface area contributed by atoms with Gasteiger partial charge >= 0.3 is 5.97 Å². The molecule has 1 aromatic carbocycles. The average Bonchev–Trinajstić information content (AvgIpc) is 2.57. The molecule has 0 aromatic heterocycles. The number of carbonyl (C=O) groups is 2. The Bertz CT molecular complexity index is 645. The standard InChI is InChI=1S/C16H20N4O4/c1-10(16(22)23)20-9-14(24-11(2)15(20)21)13(18-19-17)8-12-6-4-3-5-7-12/h3-7,10-11,13-14H,8-9H2,1-2H3,(H,22,23)/t10-,11-,13-,14-/m0/s1. The first-order chi connectivity index (χ1) is 11.4. The summed E-state index contributed by atoms with van der Waals surface area (Å²) in [6.07, 6.45) is -0.889. The normalized spacial score (nSPS) is 23.2. The molecule has 0 unspecified atom stereocenters. The van der Waals surface area contributed by atoms with E-state index in [1.54, 1.807) is 6.92 Å². The second-order valence-electron chi connectivity index (χ2n) is 5.78. The quantitative estimate of drug-likeness (QED) is 0.487. The number of rotatable bonds is 6. The van der Waals surface area contributed by atoms with Crippen LogP contribution in [0.2, 0.25) is 0 Å². The van der Waals surface area contributed by atoms with Gasteiger partial charge in [0.25, 0.3) is 5.91 Å². The fourth-order valence-electron chi connectivity index (χ4n) is 2.74. The number of nitrogens with zero attached hydrogens (tertiary/aromatic N) is 4. The lowest BCUT2D eigenvalue weighted by molar-refractivity contribution is -0.171. The van der Waals surface area contributed by atoms with Gasteiger partial charge in [0, 0.05) is 11.5 Å². The second kappa shape index (κ2) is 7.81. The summed E-state index contributed by atoms with van der Waals surface area (Å²) in [5.41, 5.74) is 9.83. The molecule has 4 atom stereocenters. The maximum Gasteiger partial charge on any atom is 0.326 e. The number of carboxylic acids is 1. The minimum atomic E-state index is -1.08. The van der Waals surface area contributed by atoms with E-state index in [1.807, 2.05) is 30.3 Å². The van der Waals surface area contributed by atoms with E-state index in [9.17, 15) is 14.7 Å². The summed E-state index contributed by atoms with van der Waals surface area (Å²) in [4.78, 5) is 27.6. The fourth-order valence-corrected chi connectivity index (χ4v) is 2.74. The van der Waals surface area contributed by atoms with Crippen molar-refractivity contribution in [1.29, 1.82) is 0 Å². The van der Waals surface area contributed by atoms with Gasteiger partial charge in [-0.15, -0.1) is 0 Å². The van der Waals surface area contributed by atoms with Gasteiger partial charge in [0.2, 0.25) is 0 Å². The molecule has 8 nitrogen and oxygen atoms in total. The van der Waals surface area contributed by atoms with Crippen molar-refractivity contribution in [1.82, 2.24) is 4.90 Å². The fraction of sp³-hybridized carbons (Fsp3) is 0.500. The lowest BCUT2D eigenvalue weighted by atomic mass is 9.99. The average molecular weight is 332 g/mol. The number of hydrogen-bond acceptors (Lipinski definition) is 4. The van der Waals surface area contributed by atoms with Gasteiger partial charge in [-0.2, -0.15) is 0 Å². The molecule has 1 heterocycles. The number of benzene rings is 1. The van der Waals surface area contributed by atoms with Gasteiger partial charge in [-0.3, -0.25) is 4.79 Å². The van der Waals surface area contributed by atoms with E-state index >= 15 is 0 Å². The van der Waals surface area contributed by atoms with Gasteiger partial charge in [-0.25, -0.2) is 4.79 Å². The number of carboxylic acid groups (broad SMARTS) is 1. The topological polar surface area (TPSA) is 116 Å². The lowest BCUT2D eigenvalue weighted by Gasteiger charge is -2.40. The Balaban J connectivity index is 2.21. The first-order valence-corrected chi connectivity index (χ1v) is 7.71. The Kier molecular flexibility index (Phi) is 5.78. The van der Waals surface area contributed by atoms with E-state index in [1.165, 1.54) is 11.8 Å². The van der Waals surface area contributed by atoms with Crippen LogP contribution in [0.5, 0.6) is 0 Å². The molecule has 8 heteroatoms. The Morgan fingerprint density at radius 1 is 1.50 bits per heavy atom. The van der Waals surface area contributed by atoms with E-state index in [0.29, 0.717) is 6.42 Å². The molecule has 0 radical (unpaired) electrons. The molecule has 2 rings (SSSR count). The molecule has 1 saturated heterocycles. The molecule has 1 aromatic rings. The van der Waals surface area contributed by atoms with Crippen LogP contribution in [0.3, 0.4) is 0 Å². The summed E-state index contributed by atoms with van der Waals surface area (Å²) in [6.45, 7) is 3.11. The van der Waals surface area contributed by atoms with Gasteiger partial charge in [0.1, 0.15) is 12.1 Å². The van der Waals surface area contributed by atoms with Crippen molar-refractivity contribution in [2.75, 3.05) is 6.54 Å². The predicted molar refractivity (Wildman–Crippen MR) is 86.2 cm³/mol. The molecule has 0 bridgehead atoms. The van der Waals surface area contributed by atoms with Crippen LogP contribution in [-0.4, -0.2) is 52.7 Å². The molecule has 0 saturated carbocycles. The Hall–Kier alpha value is -2.57. The Morgan fingerprint density at radius 2 is 2.17 bits per heavy atom. The van der Waals surface area contributed by atoms with Crippen LogP contribution in [0.15, 0.2) is 35.4 Å². The molecule has 0 aliphatic carbocycles. The van der Waals surface area contributed by atoms with Crippen LogP contribution < -0.4 is 0 Å². The van der Waals surface area contributed by atoms with Crippen molar-refractivity contribution >= 4 is 11.9 Å². The van der Waals surface area contributed by atoms with Crippen molar-refractivity contribution in [3.8, 4) is 0 Å². The number of aliphatic carboxylic acids is 1. The van der Waals surface area contributed by atoms with Gasteiger partial charge in [0.15, 0.2) is 0 Å². The summed E-state index contributed by atoms with van der Waals surface area (Å²) >= 11 is 0. The SMILES string of the molecule is C[C@@H]1O[C@H]([C@H](Cc2ccccc2)N=[N+]=[N-])CN([C@@H](C)C(=O)O)C1=O. The van der Waals surface area contributed by atoms with E-state index in [4.69, 9.17) is 10.3 Å². The largest absolute Gasteiger partial charge is 0.480 e. The third-order valence-electron chi connectivity index (χ3n) is 4.13. The number of ether oxygens (including phenoxy) is 1. The third-order valence-corrected chi connectivity index (χ3v) is 4.13. The van der Waals surface area contributed by atoms with Crippen LogP contribution in [-0.2, 0) is 20.7 Å². The summed E-state index contributed by atoms with van der Waals surface area (Å²) in [7, 11) is 0. The number of carbonyl (C=O) groups excluding carboxylic acids is 1. The zero-order chi connectivity index (χ0) is 17.7. The molecule has 0 spiro atoms. The van der Waals surface area contributed by atoms with Gasteiger partial charge in [-0.1, -0.05) is 35.4 Å². The van der Waals surface area contributed by atoms with Gasteiger partial charge < -0.3 is 14.7 Å². The second-order valence-corrected chi connectivity index (χ2v) is 5.78. The molecule has 1 fully saturated rings. The molecule has 1 aliphatic heterocycles. The first-order valence-electron chi connectivity index (χ1n) is 7.71. The molecular weight excluding hydrogens is 312 g/mol. The monoisotopic (exact) mass is 332 g/mol. The molecular formula is C16H20N4O4. The molecule has 1 amide bonds. The predicted octanol–water partition coefficient (Wildman–Crippen LogP) is 2.00. The number of morpholine rings is 1. The number of hydrogen-bond donors (Lipinski definition) is 1. The highest BCUT2D eigenvalue weighted by molar-refractivity contribution is 5.86. The summed E-state index contributed by atoms with van der Waals surface area (Å²) in [6, 6.07) is 7.99. The van der Waals surface area contributed by atoms with Crippen molar-refractivity contribution < 1.29 is 19.4 Å². The molecule has 24 heavy (non-hydrogen) atoms. The van der Waals surface area contributed by atoms with Crippen LogP contribution in [0.4, 0.5) is 0 Å². The van der Waals surface area contributed by atoms with Gasteiger partial charge in [0.05, 0.1) is 12.1 Å². The van der Waals surface area contributed by atoms with Crippen LogP contribution in [0.1, 0.15) is 19.4 Å². The maximum absolute atomic E-state index is 12.2. The van der Waals surface area contributed by atoms with Gasteiger partial charge in [-0.05, 0) is 31.4 Å². The number of azide groups is 1. The highest BCUT2D eigenvalue weighted by Gasteiger charge is 2.39. The molecule has 1 N–H and O–H groups in total. The van der Waals surface area contributed by atoms with Crippen LogP contribution in [0.25, 0.3) is 10.4 Å². The van der Waals surface area contributed by atoms with E-state index in [2.05, 4.69) is 10.0 Å². The van der Waals surface area contributed by atoms with E-state index in [-0.39, 0.29) is 12.5 Å². The highest BCUT2D eigenvalue weighted by atomic mass is 16.5. The van der Waals surface area contributed by atoms with Crippen molar-refractivity contribution in [3.05, 3.63) is 46.3 Å². The summed E-state index contributed by atoms with van der Waals surface area (Å²) in [5, 5.41) is 13.0. The zero-order valence-corrected chi connectivity index (χ0v) is 13.6. The van der Waals surface area contributed by atoms with Crippen molar-refractivity contribution in [2.24, 2.45) is 5.11 Å². The molecule has 1 aliphatic rings. The van der Waals surface area contributed by atoms with Crippen LogP contribution in [0, 0.1) is 0 Å². The minimum Gasteiger partial charge on any atom is -0.480 e. The Morgan fingerprint density at radius 3 is 2.75 bits per heavy atom. The Labute approximate surface area is 139 Å². The number of amides is 1. The van der Waals surface area contributed by atoms with Crippen LogP contribution >= 0.6 is 0 Å². The lowest BCUT2D eigenvalue weighted by Crippen LogP contribution is -2.58. The van der Waals surface area contributed by atoms with E-state index < -0.39 is 30.3 Å². The summed E-state index contributed by atoms with van der Waals surface area (Å²) < 4.78 is 5.70. The maximum atomic E-state index is 12.2. The van der Waals surface area contributed by atoms with Crippen molar-refractivity contribution in [3.63, 3.8) is 0 Å². The first kappa shape index (κ1) is 17.8. The third kappa shape index (κ3) is 4.04. The smallest absolute Gasteiger partial charge is 0.326 e.